The number of amides is 1. The van der Waals surface area contributed by atoms with Crippen LogP contribution in [0.15, 0.2) is 90.2 Å². The average Bonchev–Trinajstić information content (AvgIpc) is 3.17. The zero-order valence-corrected chi connectivity index (χ0v) is 17.8. The molecule has 1 amide bonds. The number of carbonyl (C=O) groups is 1. The molecule has 0 spiro atoms. The number of hydrogen-bond acceptors (Lipinski definition) is 3. The van der Waals surface area contributed by atoms with Crippen LogP contribution in [0.2, 0.25) is 0 Å². The third-order valence-electron chi connectivity index (χ3n) is 4.82. The van der Waals surface area contributed by atoms with E-state index in [1.54, 1.807) is 0 Å². The number of aryl methyl sites for hydroxylation is 2. The first-order valence-electron chi connectivity index (χ1n) is 9.80. The number of thioether (sulfide) groups is 1. The van der Waals surface area contributed by atoms with Crippen molar-refractivity contribution >= 4 is 23.4 Å². The lowest BCUT2D eigenvalue weighted by molar-refractivity contribution is -0.113. The zero-order chi connectivity index (χ0) is 20.9. The summed E-state index contributed by atoms with van der Waals surface area (Å²) in [5.74, 6) is 0.230. The second kappa shape index (κ2) is 9.01. The summed E-state index contributed by atoms with van der Waals surface area (Å²) in [7, 11) is 0. The van der Waals surface area contributed by atoms with Crippen molar-refractivity contribution in [3.63, 3.8) is 0 Å². The molecule has 0 fully saturated rings. The van der Waals surface area contributed by atoms with Gasteiger partial charge in [0.2, 0.25) is 5.91 Å². The molecular weight excluding hydrogens is 390 g/mol. The van der Waals surface area contributed by atoms with Gasteiger partial charge in [-0.3, -0.25) is 9.36 Å². The molecule has 1 heterocycles. The van der Waals surface area contributed by atoms with Crippen LogP contribution in [0.5, 0.6) is 0 Å². The van der Waals surface area contributed by atoms with E-state index in [2.05, 4.69) is 65.1 Å². The summed E-state index contributed by atoms with van der Waals surface area (Å²) in [5, 5.41) is 3.73. The topological polar surface area (TPSA) is 46.9 Å². The first-order chi connectivity index (χ1) is 14.6. The van der Waals surface area contributed by atoms with Gasteiger partial charge in [0.15, 0.2) is 5.16 Å². The highest BCUT2D eigenvalue weighted by Crippen LogP contribution is 2.31. The van der Waals surface area contributed by atoms with Gasteiger partial charge < -0.3 is 5.32 Å². The standard InChI is InChI=1S/C25H23N3OS/c1-18-12-14-20(15-13-18)23-16-26-25(28(23)22-11-7-6-8-19(22)2)30-17-24(29)27-21-9-4-3-5-10-21/h3-16H,17H2,1-2H3,(H,27,29). The molecule has 0 aliphatic rings. The molecule has 0 aliphatic heterocycles. The molecule has 0 atom stereocenters. The van der Waals surface area contributed by atoms with Gasteiger partial charge in [-0.25, -0.2) is 4.98 Å². The van der Waals surface area contributed by atoms with E-state index in [0.717, 1.165) is 33.4 Å². The first kappa shape index (κ1) is 20.0. The quantitative estimate of drug-likeness (QED) is 0.401. The second-order valence-electron chi connectivity index (χ2n) is 7.12. The van der Waals surface area contributed by atoms with Crippen LogP contribution < -0.4 is 5.32 Å². The van der Waals surface area contributed by atoms with E-state index >= 15 is 0 Å². The fourth-order valence-corrected chi connectivity index (χ4v) is 4.05. The van der Waals surface area contributed by atoms with E-state index in [9.17, 15) is 4.79 Å². The molecule has 0 saturated carbocycles. The molecule has 4 rings (SSSR count). The summed E-state index contributed by atoms with van der Waals surface area (Å²) < 4.78 is 2.14. The van der Waals surface area contributed by atoms with E-state index < -0.39 is 0 Å². The molecule has 30 heavy (non-hydrogen) atoms. The van der Waals surface area contributed by atoms with Gasteiger partial charge in [0.25, 0.3) is 0 Å². The number of aromatic nitrogens is 2. The molecule has 0 radical (unpaired) electrons. The molecule has 0 bridgehead atoms. The van der Waals surface area contributed by atoms with Gasteiger partial charge in [-0.2, -0.15) is 0 Å². The predicted molar refractivity (Wildman–Crippen MR) is 124 cm³/mol. The summed E-state index contributed by atoms with van der Waals surface area (Å²) in [6.07, 6.45) is 1.88. The Morgan fingerprint density at radius 2 is 1.63 bits per heavy atom. The number of hydrogen-bond donors (Lipinski definition) is 1. The largest absolute Gasteiger partial charge is 0.325 e. The van der Waals surface area contributed by atoms with E-state index in [4.69, 9.17) is 0 Å². The van der Waals surface area contributed by atoms with Crippen molar-refractivity contribution in [3.8, 4) is 16.9 Å². The Hall–Kier alpha value is -3.31. The van der Waals surface area contributed by atoms with Gasteiger partial charge in [0.05, 0.1) is 23.3 Å². The van der Waals surface area contributed by atoms with Gasteiger partial charge in [-0.1, -0.05) is 78.0 Å². The molecule has 4 aromatic rings. The van der Waals surface area contributed by atoms with E-state index in [1.165, 1.54) is 17.3 Å². The Labute approximate surface area is 181 Å². The lowest BCUT2D eigenvalue weighted by atomic mass is 10.1. The minimum atomic E-state index is -0.0533. The van der Waals surface area contributed by atoms with Gasteiger partial charge in [-0.05, 0) is 37.6 Å². The summed E-state index contributed by atoms with van der Waals surface area (Å²) in [6.45, 7) is 4.17. The van der Waals surface area contributed by atoms with Crippen molar-refractivity contribution in [2.24, 2.45) is 0 Å². The Balaban J connectivity index is 1.64. The van der Waals surface area contributed by atoms with Crippen LogP contribution in [0.4, 0.5) is 5.69 Å². The van der Waals surface area contributed by atoms with Gasteiger partial charge in [0.1, 0.15) is 0 Å². The SMILES string of the molecule is Cc1ccc(-c2cnc(SCC(=O)Nc3ccccc3)n2-c2ccccc2C)cc1. The Morgan fingerprint density at radius 1 is 0.933 bits per heavy atom. The summed E-state index contributed by atoms with van der Waals surface area (Å²) in [4.78, 5) is 17.1. The van der Waals surface area contributed by atoms with Crippen LogP contribution in [0.25, 0.3) is 16.9 Å². The van der Waals surface area contributed by atoms with Crippen molar-refractivity contribution in [1.82, 2.24) is 9.55 Å². The number of nitrogens with zero attached hydrogens (tertiary/aromatic N) is 2. The molecule has 4 nitrogen and oxygen atoms in total. The van der Waals surface area contributed by atoms with Crippen LogP contribution >= 0.6 is 11.8 Å². The Kier molecular flexibility index (Phi) is 6.00. The summed E-state index contributed by atoms with van der Waals surface area (Å²) in [5.41, 5.74) is 6.33. The van der Waals surface area contributed by atoms with Crippen molar-refractivity contribution < 1.29 is 4.79 Å². The van der Waals surface area contributed by atoms with Gasteiger partial charge in [-0.15, -0.1) is 0 Å². The third-order valence-corrected chi connectivity index (χ3v) is 5.78. The summed E-state index contributed by atoms with van der Waals surface area (Å²) >= 11 is 1.44. The van der Waals surface area contributed by atoms with Crippen LogP contribution in [0.3, 0.4) is 0 Å². The molecule has 1 N–H and O–H groups in total. The highest BCUT2D eigenvalue weighted by atomic mass is 32.2. The Bertz CT molecular complexity index is 1150. The van der Waals surface area contributed by atoms with Crippen LogP contribution in [0, 0.1) is 13.8 Å². The van der Waals surface area contributed by atoms with Gasteiger partial charge in [0, 0.05) is 11.3 Å². The molecule has 0 aliphatic carbocycles. The molecule has 3 aromatic carbocycles. The molecule has 1 aromatic heterocycles. The maximum atomic E-state index is 12.4. The molecule has 150 valence electrons. The van der Waals surface area contributed by atoms with Crippen LogP contribution in [-0.2, 0) is 4.79 Å². The molecule has 5 heteroatoms. The highest BCUT2D eigenvalue weighted by molar-refractivity contribution is 7.99. The monoisotopic (exact) mass is 413 g/mol. The lowest BCUT2D eigenvalue weighted by Gasteiger charge is -2.14. The Morgan fingerprint density at radius 3 is 2.37 bits per heavy atom. The number of nitrogens with one attached hydrogen (secondary N) is 1. The second-order valence-corrected chi connectivity index (χ2v) is 8.06. The molecule has 0 saturated heterocycles. The first-order valence-corrected chi connectivity index (χ1v) is 10.8. The minimum absolute atomic E-state index is 0.0533. The molecule has 0 unspecified atom stereocenters. The fraction of sp³-hybridized carbons (Fsp3) is 0.120. The number of carbonyl (C=O) groups excluding carboxylic acids is 1. The third kappa shape index (κ3) is 4.47. The maximum Gasteiger partial charge on any atom is 0.234 e. The van der Waals surface area contributed by atoms with Crippen molar-refractivity contribution in [3.05, 3.63) is 96.2 Å². The normalized spacial score (nSPS) is 10.7. The lowest BCUT2D eigenvalue weighted by Crippen LogP contribution is -2.14. The maximum absolute atomic E-state index is 12.4. The van der Waals surface area contributed by atoms with Crippen molar-refractivity contribution in [2.45, 2.75) is 19.0 Å². The fourth-order valence-electron chi connectivity index (χ4n) is 3.26. The van der Waals surface area contributed by atoms with Crippen molar-refractivity contribution in [2.75, 3.05) is 11.1 Å². The van der Waals surface area contributed by atoms with Crippen LogP contribution in [-0.4, -0.2) is 21.2 Å². The van der Waals surface area contributed by atoms with Crippen LogP contribution in [0.1, 0.15) is 11.1 Å². The summed E-state index contributed by atoms with van der Waals surface area (Å²) in [6, 6.07) is 26.1. The van der Waals surface area contributed by atoms with Gasteiger partial charge >= 0.3 is 0 Å². The minimum Gasteiger partial charge on any atom is -0.325 e. The van der Waals surface area contributed by atoms with E-state index in [-0.39, 0.29) is 11.7 Å². The number of anilines is 1. The number of rotatable bonds is 6. The van der Waals surface area contributed by atoms with Crippen molar-refractivity contribution in [1.29, 1.82) is 0 Å². The predicted octanol–water partition coefficient (Wildman–Crippen LogP) is 5.89. The highest BCUT2D eigenvalue weighted by Gasteiger charge is 2.16. The van der Waals surface area contributed by atoms with E-state index in [0.29, 0.717) is 0 Å². The van der Waals surface area contributed by atoms with E-state index in [1.807, 2.05) is 48.7 Å². The number of benzene rings is 3. The molecular formula is C25H23N3OS. The smallest absolute Gasteiger partial charge is 0.234 e. The average molecular weight is 414 g/mol. The zero-order valence-electron chi connectivity index (χ0n) is 17.0. The number of para-hydroxylation sites is 2. The number of imidazole rings is 1.